The zero-order valence-electron chi connectivity index (χ0n) is 14.5. The number of nitrogens with one attached hydrogen (secondary N) is 1. The number of benzene rings is 2. The third kappa shape index (κ3) is 3.28. The number of hydrazone groups is 1. The summed E-state index contributed by atoms with van der Waals surface area (Å²) in [7, 11) is 1.60. The highest BCUT2D eigenvalue weighted by molar-refractivity contribution is 6.06. The fraction of sp³-hybridized carbons (Fsp3) is 0.190. The molecule has 1 amide bonds. The van der Waals surface area contributed by atoms with Crippen LogP contribution in [0, 0.1) is 0 Å². The number of aromatic nitrogens is 1. The highest BCUT2D eigenvalue weighted by Gasteiger charge is 2.26. The minimum absolute atomic E-state index is 0.239. The van der Waals surface area contributed by atoms with Crippen molar-refractivity contribution in [3.05, 3.63) is 71.4 Å². The molecule has 1 aliphatic carbocycles. The standard InChI is InChI=1S/C21H19N3O2/c1-26-20-9-5-2-6-15(20)13-22-24-21(25)17-12-19(14-10-11-14)23-18-8-4-3-7-16(17)18/h2-9,12-14H,10-11H2,1H3,(H,24,25). The number of para-hydroxylation sites is 2. The summed E-state index contributed by atoms with van der Waals surface area (Å²) >= 11 is 0. The van der Waals surface area contributed by atoms with Gasteiger partial charge in [0.2, 0.25) is 0 Å². The van der Waals surface area contributed by atoms with Crippen molar-refractivity contribution in [3.8, 4) is 5.75 Å². The van der Waals surface area contributed by atoms with Crippen molar-refractivity contribution >= 4 is 23.0 Å². The molecule has 0 spiro atoms. The molecular formula is C21H19N3O2. The highest BCUT2D eigenvalue weighted by Crippen LogP contribution is 2.40. The molecule has 0 bridgehead atoms. The Kier molecular flexibility index (Phi) is 4.35. The Morgan fingerprint density at radius 1 is 1.19 bits per heavy atom. The van der Waals surface area contributed by atoms with E-state index in [1.807, 2.05) is 54.6 Å². The van der Waals surface area contributed by atoms with Gasteiger partial charge < -0.3 is 4.74 Å². The number of ether oxygens (including phenoxy) is 1. The first-order chi connectivity index (χ1) is 12.8. The molecule has 2 aromatic carbocycles. The second-order valence-electron chi connectivity index (χ2n) is 6.33. The number of pyridine rings is 1. The normalized spacial score (nSPS) is 13.9. The van der Waals surface area contributed by atoms with Crippen molar-refractivity contribution in [2.24, 2.45) is 5.10 Å². The minimum atomic E-state index is -0.239. The van der Waals surface area contributed by atoms with E-state index in [-0.39, 0.29) is 5.91 Å². The Bertz CT molecular complexity index is 993. The molecule has 130 valence electrons. The van der Waals surface area contributed by atoms with Crippen molar-refractivity contribution in [2.45, 2.75) is 18.8 Å². The minimum Gasteiger partial charge on any atom is -0.496 e. The van der Waals surface area contributed by atoms with E-state index in [9.17, 15) is 4.79 Å². The molecule has 1 saturated carbocycles. The van der Waals surface area contributed by atoms with E-state index in [0.717, 1.165) is 35.0 Å². The third-order valence-corrected chi connectivity index (χ3v) is 4.48. The predicted molar refractivity (Wildman–Crippen MR) is 102 cm³/mol. The van der Waals surface area contributed by atoms with E-state index in [4.69, 9.17) is 9.72 Å². The number of fused-ring (bicyclic) bond motifs is 1. The number of hydrogen-bond donors (Lipinski definition) is 1. The van der Waals surface area contributed by atoms with Gasteiger partial charge in [-0.1, -0.05) is 30.3 Å². The van der Waals surface area contributed by atoms with Crippen molar-refractivity contribution in [2.75, 3.05) is 7.11 Å². The van der Waals surface area contributed by atoms with Crippen LogP contribution in [0.3, 0.4) is 0 Å². The topological polar surface area (TPSA) is 63.6 Å². The Balaban J connectivity index is 1.61. The fourth-order valence-electron chi connectivity index (χ4n) is 2.97. The van der Waals surface area contributed by atoms with E-state index >= 15 is 0 Å². The fourth-order valence-corrected chi connectivity index (χ4v) is 2.97. The van der Waals surface area contributed by atoms with E-state index in [1.54, 1.807) is 13.3 Å². The Hall–Kier alpha value is -3.21. The molecule has 26 heavy (non-hydrogen) atoms. The molecule has 4 rings (SSSR count). The number of nitrogens with zero attached hydrogens (tertiary/aromatic N) is 2. The van der Waals surface area contributed by atoms with Crippen LogP contribution in [-0.2, 0) is 0 Å². The summed E-state index contributed by atoms with van der Waals surface area (Å²) in [5.41, 5.74) is 5.86. The SMILES string of the molecule is COc1ccccc1C=NNC(=O)c1cc(C2CC2)nc2ccccc12. The van der Waals surface area contributed by atoms with Gasteiger partial charge in [-0.15, -0.1) is 0 Å². The number of hydrogen-bond acceptors (Lipinski definition) is 4. The van der Waals surface area contributed by atoms with Crippen LogP contribution in [0.25, 0.3) is 10.9 Å². The molecular weight excluding hydrogens is 326 g/mol. The molecule has 0 aliphatic heterocycles. The summed E-state index contributed by atoms with van der Waals surface area (Å²) in [6.07, 6.45) is 3.86. The largest absolute Gasteiger partial charge is 0.496 e. The molecule has 0 saturated heterocycles. The number of amides is 1. The lowest BCUT2D eigenvalue weighted by Gasteiger charge is -2.08. The Morgan fingerprint density at radius 2 is 1.96 bits per heavy atom. The molecule has 5 heteroatoms. The number of carbonyl (C=O) groups is 1. The predicted octanol–water partition coefficient (Wildman–Crippen LogP) is 3.88. The number of carbonyl (C=O) groups excluding carboxylic acids is 1. The van der Waals surface area contributed by atoms with Gasteiger partial charge in [-0.3, -0.25) is 9.78 Å². The summed E-state index contributed by atoms with van der Waals surface area (Å²) in [5.74, 6) is 0.941. The summed E-state index contributed by atoms with van der Waals surface area (Å²) < 4.78 is 5.28. The summed E-state index contributed by atoms with van der Waals surface area (Å²) in [5, 5.41) is 4.93. The summed E-state index contributed by atoms with van der Waals surface area (Å²) in [6, 6.07) is 17.1. The van der Waals surface area contributed by atoms with Crippen molar-refractivity contribution in [1.29, 1.82) is 0 Å². The van der Waals surface area contributed by atoms with Crippen molar-refractivity contribution in [3.63, 3.8) is 0 Å². The van der Waals surface area contributed by atoms with Crippen LogP contribution in [0.5, 0.6) is 5.75 Å². The van der Waals surface area contributed by atoms with Gasteiger partial charge in [-0.25, -0.2) is 5.43 Å². The van der Waals surface area contributed by atoms with E-state index in [2.05, 4.69) is 10.5 Å². The van der Waals surface area contributed by atoms with Gasteiger partial charge in [0.25, 0.3) is 5.91 Å². The average Bonchev–Trinajstić information content (AvgIpc) is 3.52. The molecule has 1 aliphatic rings. The van der Waals surface area contributed by atoms with E-state index in [1.165, 1.54) is 0 Å². The van der Waals surface area contributed by atoms with Crippen LogP contribution in [-0.4, -0.2) is 24.2 Å². The molecule has 1 fully saturated rings. The first kappa shape index (κ1) is 16.3. The maximum absolute atomic E-state index is 12.7. The van der Waals surface area contributed by atoms with Crippen LogP contribution in [0.2, 0.25) is 0 Å². The number of rotatable bonds is 5. The lowest BCUT2D eigenvalue weighted by atomic mass is 10.1. The highest BCUT2D eigenvalue weighted by atomic mass is 16.5. The van der Waals surface area contributed by atoms with Crippen LogP contribution in [0.4, 0.5) is 0 Å². The van der Waals surface area contributed by atoms with Gasteiger partial charge in [-0.2, -0.15) is 5.10 Å². The molecule has 3 aromatic rings. The third-order valence-electron chi connectivity index (χ3n) is 4.48. The first-order valence-corrected chi connectivity index (χ1v) is 8.62. The quantitative estimate of drug-likeness (QED) is 0.564. The summed E-state index contributed by atoms with van der Waals surface area (Å²) in [6.45, 7) is 0. The second kappa shape index (κ2) is 6.96. The second-order valence-corrected chi connectivity index (χ2v) is 6.33. The van der Waals surface area contributed by atoms with Gasteiger partial charge in [0, 0.05) is 22.6 Å². The van der Waals surface area contributed by atoms with Crippen LogP contribution in [0.15, 0.2) is 59.7 Å². The maximum atomic E-state index is 12.7. The molecule has 1 aromatic heterocycles. The lowest BCUT2D eigenvalue weighted by molar-refractivity contribution is 0.0956. The maximum Gasteiger partial charge on any atom is 0.272 e. The average molecular weight is 345 g/mol. The van der Waals surface area contributed by atoms with Crippen molar-refractivity contribution < 1.29 is 9.53 Å². The van der Waals surface area contributed by atoms with Crippen LogP contribution >= 0.6 is 0 Å². The monoisotopic (exact) mass is 345 g/mol. The molecule has 5 nitrogen and oxygen atoms in total. The van der Waals surface area contributed by atoms with E-state index < -0.39 is 0 Å². The van der Waals surface area contributed by atoms with Gasteiger partial charge in [0.05, 0.1) is 24.4 Å². The van der Waals surface area contributed by atoms with Gasteiger partial charge in [0.1, 0.15) is 5.75 Å². The Morgan fingerprint density at radius 3 is 2.77 bits per heavy atom. The van der Waals surface area contributed by atoms with Crippen LogP contribution in [0.1, 0.15) is 40.4 Å². The molecule has 1 N–H and O–H groups in total. The van der Waals surface area contributed by atoms with Crippen LogP contribution < -0.4 is 10.2 Å². The smallest absolute Gasteiger partial charge is 0.272 e. The summed E-state index contributed by atoms with van der Waals surface area (Å²) in [4.78, 5) is 17.4. The molecule has 0 radical (unpaired) electrons. The molecule has 1 heterocycles. The van der Waals surface area contributed by atoms with Gasteiger partial charge in [0.15, 0.2) is 0 Å². The Labute approximate surface area is 151 Å². The number of methoxy groups -OCH3 is 1. The first-order valence-electron chi connectivity index (χ1n) is 8.62. The van der Waals surface area contributed by atoms with Gasteiger partial charge in [-0.05, 0) is 37.1 Å². The zero-order chi connectivity index (χ0) is 17.9. The lowest BCUT2D eigenvalue weighted by Crippen LogP contribution is -2.18. The van der Waals surface area contributed by atoms with E-state index in [0.29, 0.717) is 17.2 Å². The molecule has 0 atom stereocenters. The zero-order valence-corrected chi connectivity index (χ0v) is 14.5. The van der Waals surface area contributed by atoms with Gasteiger partial charge >= 0.3 is 0 Å². The molecule has 0 unspecified atom stereocenters. The van der Waals surface area contributed by atoms with Crippen molar-refractivity contribution in [1.82, 2.24) is 10.4 Å².